The van der Waals surface area contributed by atoms with E-state index in [1.807, 2.05) is 0 Å². The van der Waals surface area contributed by atoms with Gasteiger partial charge >= 0.3 is 0 Å². The van der Waals surface area contributed by atoms with Crippen LogP contribution in [0.1, 0.15) is 46.2 Å². The Hall–Kier alpha value is -7.16. The lowest BCUT2D eigenvalue weighted by Crippen LogP contribution is -2.32. The molecule has 6 aromatic carbocycles. The SMILES string of the molecule is C=C1/C=C\C=C/N(c2ccc3c(c2)C(c2ccccc2)(c2ccccc2)c2ccccc2-3)/C=c2\c(c3ccc4c(c3n2-c2ccccc2)C2=C(C=CCC2)C4)=C/C1=C. The number of benzene rings is 6. The Morgan fingerprint density at radius 2 is 1.31 bits per heavy atom. The van der Waals surface area contributed by atoms with Gasteiger partial charge in [0.05, 0.1) is 16.3 Å². The summed E-state index contributed by atoms with van der Waals surface area (Å²) in [4.78, 5) is 2.31. The van der Waals surface area contributed by atoms with E-state index in [9.17, 15) is 0 Å². The summed E-state index contributed by atoms with van der Waals surface area (Å²) in [6.07, 6.45) is 20.8. The molecule has 2 nitrogen and oxygen atoms in total. The van der Waals surface area contributed by atoms with E-state index < -0.39 is 5.41 Å². The summed E-state index contributed by atoms with van der Waals surface area (Å²) in [5, 5.41) is 3.45. The lowest BCUT2D eigenvalue weighted by Gasteiger charge is -2.34. The van der Waals surface area contributed by atoms with Gasteiger partial charge in [-0.15, -0.1) is 0 Å². The van der Waals surface area contributed by atoms with Gasteiger partial charge in [0.1, 0.15) is 0 Å². The zero-order chi connectivity index (χ0) is 38.8. The predicted octanol–water partition coefficient (Wildman–Crippen LogP) is 11.9. The first kappa shape index (κ1) is 34.1. The molecule has 0 atom stereocenters. The van der Waals surface area contributed by atoms with Crippen molar-refractivity contribution in [3.8, 4) is 16.8 Å². The quantitative estimate of drug-likeness (QED) is 0.174. The van der Waals surface area contributed by atoms with E-state index in [4.69, 9.17) is 0 Å². The van der Waals surface area contributed by atoms with Crippen molar-refractivity contribution in [3.05, 3.63) is 256 Å². The van der Waals surface area contributed by atoms with Gasteiger partial charge in [0.2, 0.25) is 0 Å². The van der Waals surface area contributed by atoms with Crippen molar-refractivity contribution in [2.24, 2.45) is 0 Å². The molecule has 0 saturated heterocycles. The first-order chi connectivity index (χ1) is 28.6. The molecule has 0 spiro atoms. The molecule has 4 aliphatic rings. The Kier molecular flexibility index (Phi) is 7.94. The molecule has 0 bridgehead atoms. The van der Waals surface area contributed by atoms with Gasteiger partial charge in [0.25, 0.3) is 0 Å². The molecule has 276 valence electrons. The van der Waals surface area contributed by atoms with Crippen molar-refractivity contribution in [1.82, 2.24) is 4.57 Å². The van der Waals surface area contributed by atoms with E-state index in [1.165, 1.54) is 66.6 Å². The summed E-state index contributed by atoms with van der Waals surface area (Å²) >= 11 is 0. The topological polar surface area (TPSA) is 8.17 Å². The summed E-state index contributed by atoms with van der Waals surface area (Å²) in [7, 11) is 0. The molecule has 0 saturated carbocycles. The van der Waals surface area contributed by atoms with Gasteiger partial charge in [-0.1, -0.05) is 159 Å². The van der Waals surface area contributed by atoms with E-state index in [2.05, 4.69) is 217 Å². The number of para-hydroxylation sites is 1. The lowest BCUT2D eigenvalue weighted by molar-refractivity contribution is 0.768. The summed E-state index contributed by atoms with van der Waals surface area (Å²) in [5.74, 6) is 0. The first-order valence-corrected chi connectivity index (χ1v) is 20.3. The summed E-state index contributed by atoms with van der Waals surface area (Å²) in [6, 6.07) is 53.6. The number of fused-ring (bicyclic) bond motifs is 9. The minimum Gasteiger partial charge on any atom is -0.322 e. The van der Waals surface area contributed by atoms with E-state index in [1.54, 1.807) is 0 Å². The van der Waals surface area contributed by atoms with E-state index in [-0.39, 0.29) is 0 Å². The number of allylic oxidation sites excluding steroid dienone is 9. The Morgan fingerprint density at radius 3 is 2.09 bits per heavy atom. The van der Waals surface area contributed by atoms with Crippen LogP contribution >= 0.6 is 0 Å². The number of rotatable bonds is 4. The second-order valence-corrected chi connectivity index (χ2v) is 15.8. The first-order valence-electron chi connectivity index (χ1n) is 20.3. The number of hydrogen-bond acceptors (Lipinski definition) is 1. The van der Waals surface area contributed by atoms with Gasteiger partial charge in [0, 0.05) is 39.9 Å². The van der Waals surface area contributed by atoms with Crippen LogP contribution in [0, 0.1) is 0 Å². The number of aromatic nitrogens is 1. The fourth-order valence-corrected chi connectivity index (χ4v) is 10.1. The highest BCUT2D eigenvalue weighted by atomic mass is 15.1. The van der Waals surface area contributed by atoms with E-state index in [0.717, 1.165) is 52.4 Å². The number of anilines is 1. The van der Waals surface area contributed by atoms with Crippen molar-refractivity contribution in [1.29, 1.82) is 0 Å². The minimum atomic E-state index is -0.504. The maximum Gasteiger partial charge on any atom is 0.0714 e. The standard InChI is InChI=1S/C56H42N2/c1-38-18-16-17-33-57(45-30-32-48-47-27-14-15-28-51(47)56(52(48)36-45,42-20-6-3-7-21-42)43-22-8-4-9-23-43)37-53-50(34-39(38)2)49-31-29-41-35-40-19-12-13-26-46(40)54(41)55(49)58(53)44-24-10-5-11-25-44/h3-12,14-25,27-34,36-37H,1-2,13,26,35H2/b18-16-,33-17-,50-34-,53-37+. The highest BCUT2D eigenvalue weighted by Crippen LogP contribution is 2.56. The molecular formula is C56H42N2. The molecule has 1 aliphatic heterocycles. The summed E-state index contributed by atoms with van der Waals surface area (Å²) in [5.41, 5.74) is 18.1. The van der Waals surface area contributed by atoms with Crippen LogP contribution in [0.4, 0.5) is 5.69 Å². The molecule has 58 heavy (non-hydrogen) atoms. The molecule has 1 aromatic heterocycles. The van der Waals surface area contributed by atoms with E-state index in [0.29, 0.717) is 0 Å². The molecule has 2 heteroatoms. The van der Waals surface area contributed by atoms with Crippen molar-refractivity contribution >= 4 is 34.4 Å². The molecule has 11 rings (SSSR count). The summed E-state index contributed by atoms with van der Waals surface area (Å²) in [6.45, 7) is 8.99. The van der Waals surface area contributed by atoms with Gasteiger partial charge in [0.15, 0.2) is 0 Å². The highest BCUT2D eigenvalue weighted by Gasteiger charge is 2.46. The van der Waals surface area contributed by atoms with Gasteiger partial charge < -0.3 is 9.47 Å². The lowest BCUT2D eigenvalue weighted by atomic mass is 9.67. The smallest absolute Gasteiger partial charge is 0.0714 e. The van der Waals surface area contributed by atoms with Crippen LogP contribution < -0.4 is 15.5 Å². The molecule has 3 aliphatic carbocycles. The Labute approximate surface area is 340 Å². The molecule has 0 fully saturated rings. The van der Waals surface area contributed by atoms with Crippen LogP contribution in [0.15, 0.2) is 212 Å². The Morgan fingerprint density at radius 1 is 0.603 bits per heavy atom. The normalized spacial score (nSPS) is 18.5. The molecular weight excluding hydrogens is 701 g/mol. The average Bonchev–Trinajstić information content (AvgIpc) is 3.90. The Balaban J connectivity index is 1.23. The average molecular weight is 743 g/mol. The second-order valence-electron chi connectivity index (χ2n) is 15.8. The maximum absolute atomic E-state index is 4.55. The second kappa shape index (κ2) is 13.5. The minimum absolute atomic E-state index is 0.504. The molecule has 7 aromatic rings. The maximum atomic E-state index is 4.55. The predicted molar refractivity (Wildman–Crippen MR) is 243 cm³/mol. The number of nitrogens with zero attached hydrogens (tertiary/aromatic N) is 2. The third kappa shape index (κ3) is 5.11. The summed E-state index contributed by atoms with van der Waals surface area (Å²) < 4.78 is 2.50. The molecule has 0 unspecified atom stereocenters. The fraction of sp³-hybridized carbons (Fsp3) is 0.0714. The van der Waals surface area contributed by atoms with Crippen molar-refractivity contribution in [2.45, 2.75) is 24.7 Å². The zero-order valence-electron chi connectivity index (χ0n) is 32.4. The highest BCUT2D eigenvalue weighted by molar-refractivity contribution is 5.99. The molecule has 0 amide bonds. The van der Waals surface area contributed by atoms with Crippen LogP contribution in [-0.2, 0) is 11.8 Å². The van der Waals surface area contributed by atoms with Crippen LogP contribution in [0.25, 0.3) is 45.6 Å². The van der Waals surface area contributed by atoms with Gasteiger partial charge in [-0.05, 0) is 117 Å². The molecule has 0 N–H and O–H groups in total. The van der Waals surface area contributed by atoms with Crippen molar-refractivity contribution in [3.63, 3.8) is 0 Å². The van der Waals surface area contributed by atoms with Crippen LogP contribution in [0.2, 0.25) is 0 Å². The van der Waals surface area contributed by atoms with Gasteiger partial charge in [-0.3, -0.25) is 0 Å². The third-order valence-corrected chi connectivity index (χ3v) is 12.6. The third-order valence-electron chi connectivity index (χ3n) is 12.6. The Bertz CT molecular complexity index is 3060. The largest absolute Gasteiger partial charge is 0.322 e. The number of hydrogen-bond donors (Lipinski definition) is 0. The monoisotopic (exact) mass is 742 g/mol. The van der Waals surface area contributed by atoms with Crippen LogP contribution in [0.3, 0.4) is 0 Å². The molecule has 2 heterocycles. The fourth-order valence-electron chi connectivity index (χ4n) is 10.1. The van der Waals surface area contributed by atoms with Gasteiger partial charge in [-0.25, -0.2) is 0 Å². The molecule has 0 radical (unpaired) electrons. The zero-order valence-corrected chi connectivity index (χ0v) is 32.4. The van der Waals surface area contributed by atoms with Crippen LogP contribution in [-0.4, -0.2) is 4.57 Å². The van der Waals surface area contributed by atoms with Gasteiger partial charge in [-0.2, -0.15) is 0 Å². The van der Waals surface area contributed by atoms with Crippen molar-refractivity contribution < 1.29 is 0 Å². The van der Waals surface area contributed by atoms with E-state index >= 15 is 0 Å². The van der Waals surface area contributed by atoms with Crippen LogP contribution in [0.5, 0.6) is 0 Å². The van der Waals surface area contributed by atoms with Crippen molar-refractivity contribution in [2.75, 3.05) is 4.90 Å².